The Hall–Kier alpha value is -1.06. The summed E-state index contributed by atoms with van der Waals surface area (Å²) < 4.78 is 0. The highest BCUT2D eigenvalue weighted by molar-refractivity contribution is 6.30. The summed E-state index contributed by atoms with van der Waals surface area (Å²) in [5, 5.41) is 21.2. The first kappa shape index (κ1) is 13.4. The fraction of sp³-hybridized carbons (Fsp3) is 0.143. The largest absolute Gasteiger partial charge is 0.385 e. The quantitative estimate of drug-likeness (QED) is 0.900. The van der Waals surface area contributed by atoms with E-state index in [-0.39, 0.29) is 0 Å². The van der Waals surface area contributed by atoms with Crippen molar-refractivity contribution in [2.24, 2.45) is 0 Å². The summed E-state index contributed by atoms with van der Waals surface area (Å²) in [5.74, 6) is 0. The summed E-state index contributed by atoms with van der Waals surface area (Å²) in [4.78, 5) is 0. The molecule has 0 radical (unpaired) electrons. The Morgan fingerprint density at radius 2 is 1.11 bits per heavy atom. The maximum Gasteiger partial charge on any atom is 0.109 e. The monoisotopic (exact) mass is 282 g/mol. The van der Waals surface area contributed by atoms with E-state index in [0.29, 0.717) is 21.2 Å². The first-order valence-electron chi connectivity index (χ1n) is 5.45. The third-order valence-electron chi connectivity index (χ3n) is 2.68. The van der Waals surface area contributed by atoms with Gasteiger partial charge in [-0.05, 0) is 35.4 Å². The van der Waals surface area contributed by atoms with Gasteiger partial charge in [0.15, 0.2) is 0 Å². The molecule has 0 spiro atoms. The molecule has 2 atom stereocenters. The van der Waals surface area contributed by atoms with E-state index in [1.54, 1.807) is 48.5 Å². The van der Waals surface area contributed by atoms with Crippen molar-refractivity contribution in [3.63, 3.8) is 0 Å². The van der Waals surface area contributed by atoms with E-state index in [4.69, 9.17) is 23.2 Å². The van der Waals surface area contributed by atoms with Crippen LogP contribution in [0.2, 0.25) is 10.0 Å². The number of hydrogen-bond donors (Lipinski definition) is 2. The number of hydrogen-bond acceptors (Lipinski definition) is 2. The second-order valence-electron chi connectivity index (χ2n) is 4.00. The van der Waals surface area contributed by atoms with Crippen molar-refractivity contribution >= 4 is 23.2 Å². The number of rotatable bonds is 3. The lowest BCUT2D eigenvalue weighted by molar-refractivity contribution is 0.0172. The van der Waals surface area contributed by atoms with E-state index in [1.807, 2.05) is 0 Å². The maximum atomic E-state index is 10.1. The summed E-state index contributed by atoms with van der Waals surface area (Å²) in [6, 6.07) is 13.6. The second kappa shape index (κ2) is 5.72. The average molecular weight is 283 g/mol. The van der Waals surface area contributed by atoms with Gasteiger partial charge in [0.25, 0.3) is 0 Å². The summed E-state index contributed by atoms with van der Waals surface area (Å²) in [5.41, 5.74) is 1.13. The van der Waals surface area contributed by atoms with Crippen LogP contribution in [0.4, 0.5) is 0 Å². The molecule has 0 aliphatic heterocycles. The van der Waals surface area contributed by atoms with Crippen LogP contribution in [0.3, 0.4) is 0 Å². The predicted molar refractivity (Wildman–Crippen MR) is 72.8 cm³/mol. The van der Waals surface area contributed by atoms with Gasteiger partial charge < -0.3 is 10.2 Å². The van der Waals surface area contributed by atoms with Crippen LogP contribution >= 0.6 is 23.2 Å². The summed E-state index contributed by atoms with van der Waals surface area (Å²) in [6.45, 7) is 0. The first-order valence-corrected chi connectivity index (χ1v) is 6.20. The Labute approximate surface area is 115 Å². The summed E-state index contributed by atoms with van der Waals surface area (Å²) >= 11 is 11.7. The average Bonchev–Trinajstić information content (AvgIpc) is 2.37. The third-order valence-corrected chi connectivity index (χ3v) is 3.15. The molecule has 0 heterocycles. The molecule has 2 aromatic carbocycles. The van der Waals surface area contributed by atoms with E-state index in [1.165, 1.54) is 0 Å². The van der Waals surface area contributed by atoms with Gasteiger partial charge in [-0.2, -0.15) is 0 Å². The highest BCUT2D eigenvalue weighted by Gasteiger charge is 2.20. The fourth-order valence-electron chi connectivity index (χ4n) is 1.75. The minimum Gasteiger partial charge on any atom is -0.385 e. The minimum absolute atomic E-state index is 0.518. The molecule has 18 heavy (non-hydrogen) atoms. The lowest BCUT2D eigenvalue weighted by Crippen LogP contribution is -2.10. The van der Waals surface area contributed by atoms with Crippen LogP contribution in [0.1, 0.15) is 23.3 Å². The molecule has 0 unspecified atom stereocenters. The van der Waals surface area contributed by atoms with Gasteiger partial charge >= 0.3 is 0 Å². The molecule has 2 N–H and O–H groups in total. The van der Waals surface area contributed by atoms with Crippen molar-refractivity contribution in [3.05, 3.63) is 69.7 Å². The van der Waals surface area contributed by atoms with Crippen molar-refractivity contribution in [1.82, 2.24) is 0 Å². The third kappa shape index (κ3) is 3.03. The SMILES string of the molecule is O[C@H](c1cccc(Cl)c1)[C@H](O)c1cccc(Cl)c1. The van der Waals surface area contributed by atoms with Gasteiger partial charge in [-0.25, -0.2) is 0 Å². The molecular weight excluding hydrogens is 271 g/mol. The molecule has 0 saturated carbocycles. The predicted octanol–water partition coefficient (Wildman–Crippen LogP) is 3.76. The normalized spacial score (nSPS) is 14.2. The van der Waals surface area contributed by atoms with Gasteiger partial charge in [0.05, 0.1) is 0 Å². The Balaban J connectivity index is 2.26. The number of aliphatic hydroxyl groups excluding tert-OH is 2. The van der Waals surface area contributed by atoms with Gasteiger partial charge in [0, 0.05) is 10.0 Å². The van der Waals surface area contributed by atoms with Crippen molar-refractivity contribution in [2.75, 3.05) is 0 Å². The zero-order valence-corrected chi connectivity index (χ0v) is 10.9. The van der Waals surface area contributed by atoms with Gasteiger partial charge in [-0.1, -0.05) is 47.5 Å². The van der Waals surface area contributed by atoms with Crippen molar-refractivity contribution in [2.45, 2.75) is 12.2 Å². The van der Waals surface area contributed by atoms with Crippen LogP contribution < -0.4 is 0 Å². The van der Waals surface area contributed by atoms with E-state index in [2.05, 4.69) is 0 Å². The topological polar surface area (TPSA) is 40.5 Å². The van der Waals surface area contributed by atoms with Crippen LogP contribution in [0, 0.1) is 0 Å². The lowest BCUT2D eigenvalue weighted by Gasteiger charge is -2.19. The first-order chi connectivity index (χ1) is 8.58. The van der Waals surface area contributed by atoms with Gasteiger partial charge in [0.1, 0.15) is 12.2 Å². The zero-order valence-electron chi connectivity index (χ0n) is 9.42. The molecule has 2 nitrogen and oxygen atoms in total. The van der Waals surface area contributed by atoms with Crippen LogP contribution in [0.25, 0.3) is 0 Å². The summed E-state index contributed by atoms with van der Waals surface area (Å²) in [6.07, 6.45) is -2.08. The molecule has 0 aromatic heterocycles. The van der Waals surface area contributed by atoms with Gasteiger partial charge in [-0.3, -0.25) is 0 Å². The standard InChI is InChI=1S/C14H12Cl2O2/c15-11-5-1-3-9(7-11)13(17)14(18)10-4-2-6-12(16)8-10/h1-8,13-14,17-18H/t13-,14-/m1/s1. The van der Waals surface area contributed by atoms with E-state index in [0.717, 1.165) is 0 Å². The molecule has 94 valence electrons. The van der Waals surface area contributed by atoms with E-state index in [9.17, 15) is 10.2 Å². The van der Waals surface area contributed by atoms with Crippen LogP contribution in [0.5, 0.6) is 0 Å². The Kier molecular flexibility index (Phi) is 4.25. The van der Waals surface area contributed by atoms with E-state index < -0.39 is 12.2 Å². The van der Waals surface area contributed by atoms with E-state index >= 15 is 0 Å². The van der Waals surface area contributed by atoms with Crippen molar-refractivity contribution in [1.29, 1.82) is 0 Å². The van der Waals surface area contributed by atoms with Crippen LogP contribution in [-0.4, -0.2) is 10.2 Å². The number of aliphatic hydroxyl groups is 2. The van der Waals surface area contributed by atoms with Crippen molar-refractivity contribution in [3.8, 4) is 0 Å². The van der Waals surface area contributed by atoms with Crippen molar-refractivity contribution < 1.29 is 10.2 Å². The second-order valence-corrected chi connectivity index (χ2v) is 4.87. The highest BCUT2D eigenvalue weighted by Crippen LogP contribution is 2.30. The smallest absolute Gasteiger partial charge is 0.109 e. The lowest BCUT2D eigenvalue weighted by atomic mass is 9.98. The molecule has 2 rings (SSSR count). The molecular formula is C14H12Cl2O2. The molecule has 0 amide bonds. The molecule has 0 saturated heterocycles. The zero-order chi connectivity index (χ0) is 13.1. The Morgan fingerprint density at radius 1 is 0.722 bits per heavy atom. The van der Waals surface area contributed by atoms with Crippen LogP contribution in [-0.2, 0) is 0 Å². The maximum absolute atomic E-state index is 10.1. The van der Waals surface area contributed by atoms with Gasteiger partial charge in [-0.15, -0.1) is 0 Å². The molecule has 0 bridgehead atoms. The van der Waals surface area contributed by atoms with Crippen LogP contribution in [0.15, 0.2) is 48.5 Å². The molecule has 0 fully saturated rings. The van der Waals surface area contributed by atoms with Gasteiger partial charge in [0.2, 0.25) is 0 Å². The Bertz CT molecular complexity index is 493. The molecule has 2 aromatic rings. The number of halogens is 2. The molecule has 4 heteroatoms. The fourth-order valence-corrected chi connectivity index (χ4v) is 2.14. The highest BCUT2D eigenvalue weighted by atomic mass is 35.5. The molecule has 0 aliphatic carbocycles. The summed E-state index contributed by atoms with van der Waals surface area (Å²) in [7, 11) is 0. The molecule has 0 aliphatic rings. The Morgan fingerprint density at radius 3 is 1.44 bits per heavy atom. The number of benzene rings is 2. The minimum atomic E-state index is -1.04.